The number of carbonyl (C=O) groups excluding carboxylic acids is 2. The molecule has 122 valence electrons. The second-order valence-corrected chi connectivity index (χ2v) is 6.91. The average Bonchev–Trinajstić information content (AvgIpc) is 3.19. The van der Waals surface area contributed by atoms with Crippen molar-refractivity contribution in [2.75, 3.05) is 14.2 Å². The summed E-state index contributed by atoms with van der Waals surface area (Å²) in [6.45, 7) is 0. The van der Waals surface area contributed by atoms with Crippen LogP contribution in [-0.4, -0.2) is 36.1 Å². The van der Waals surface area contributed by atoms with Crippen molar-refractivity contribution in [3.63, 3.8) is 0 Å². The molecule has 0 radical (unpaired) electrons. The second kappa shape index (κ2) is 7.02. The zero-order chi connectivity index (χ0) is 17.1. The van der Waals surface area contributed by atoms with E-state index in [9.17, 15) is 9.59 Å². The minimum Gasteiger partial charge on any atom is -0.465 e. The number of methoxy groups -OCH3 is 1. The van der Waals surface area contributed by atoms with E-state index in [1.807, 2.05) is 23.6 Å². The Morgan fingerprint density at radius 3 is 2.83 bits per heavy atom. The van der Waals surface area contributed by atoms with E-state index in [1.165, 1.54) is 23.8 Å². The highest BCUT2D eigenvalue weighted by atomic mass is 32.2. The van der Waals surface area contributed by atoms with Crippen LogP contribution in [0.5, 0.6) is 0 Å². The van der Waals surface area contributed by atoms with Crippen molar-refractivity contribution in [3.8, 4) is 0 Å². The second-order valence-electron chi connectivity index (χ2n) is 4.93. The Balaban J connectivity index is 1.88. The van der Waals surface area contributed by atoms with Gasteiger partial charge in [0.05, 0.1) is 23.3 Å². The number of amides is 1. The first-order valence-electron chi connectivity index (χ1n) is 7.06. The van der Waals surface area contributed by atoms with Crippen molar-refractivity contribution >= 4 is 51.9 Å². The van der Waals surface area contributed by atoms with Crippen LogP contribution in [0.3, 0.4) is 0 Å². The maximum atomic E-state index is 12.3. The molecule has 0 unspecified atom stereocenters. The normalized spacial score (nSPS) is 17.8. The molecular formula is C17H14N2O3S2. The average molecular weight is 358 g/mol. The summed E-state index contributed by atoms with van der Waals surface area (Å²) >= 11 is 2.89. The minimum absolute atomic E-state index is 0.0868. The molecule has 1 saturated heterocycles. The number of thiophene rings is 1. The molecule has 2 heterocycles. The first kappa shape index (κ1) is 16.5. The van der Waals surface area contributed by atoms with Crippen molar-refractivity contribution in [2.24, 2.45) is 4.99 Å². The Labute approximate surface area is 147 Å². The number of rotatable bonds is 3. The Morgan fingerprint density at radius 1 is 1.29 bits per heavy atom. The van der Waals surface area contributed by atoms with E-state index in [0.717, 1.165) is 4.88 Å². The van der Waals surface area contributed by atoms with Crippen LogP contribution < -0.4 is 0 Å². The molecule has 0 aliphatic carbocycles. The Bertz CT molecular complexity index is 841. The van der Waals surface area contributed by atoms with Crippen LogP contribution in [0.4, 0.5) is 5.69 Å². The summed E-state index contributed by atoms with van der Waals surface area (Å²) in [5.74, 6) is -0.505. The number of aliphatic imine (C=N–C) groups is 1. The molecule has 24 heavy (non-hydrogen) atoms. The zero-order valence-corrected chi connectivity index (χ0v) is 14.7. The van der Waals surface area contributed by atoms with E-state index >= 15 is 0 Å². The third-order valence-corrected chi connectivity index (χ3v) is 5.19. The van der Waals surface area contributed by atoms with Crippen LogP contribution in [0.2, 0.25) is 0 Å². The minimum atomic E-state index is -0.418. The lowest BCUT2D eigenvalue weighted by Crippen LogP contribution is -2.23. The third kappa shape index (κ3) is 3.42. The largest absolute Gasteiger partial charge is 0.465 e. The summed E-state index contributed by atoms with van der Waals surface area (Å²) in [4.78, 5) is 31.6. The molecule has 1 aromatic heterocycles. The molecule has 0 atom stereocenters. The van der Waals surface area contributed by atoms with Gasteiger partial charge in [-0.3, -0.25) is 9.69 Å². The maximum Gasteiger partial charge on any atom is 0.337 e. The molecule has 1 amide bonds. The molecule has 0 saturated carbocycles. The molecule has 2 aromatic rings. The maximum absolute atomic E-state index is 12.3. The fourth-order valence-corrected chi connectivity index (χ4v) is 3.79. The summed E-state index contributed by atoms with van der Waals surface area (Å²) in [5, 5.41) is 2.54. The van der Waals surface area contributed by atoms with Gasteiger partial charge in [0.25, 0.3) is 5.91 Å². The molecule has 5 nitrogen and oxygen atoms in total. The van der Waals surface area contributed by atoms with Gasteiger partial charge < -0.3 is 4.74 Å². The summed E-state index contributed by atoms with van der Waals surface area (Å²) in [6, 6.07) is 10.7. The van der Waals surface area contributed by atoms with Crippen LogP contribution in [0, 0.1) is 0 Å². The van der Waals surface area contributed by atoms with Crippen molar-refractivity contribution in [1.29, 1.82) is 0 Å². The van der Waals surface area contributed by atoms with E-state index in [1.54, 1.807) is 42.6 Å². The summed E-state index contributed by atoms with van der Waals surface area (Å²) in [6.07, 6.45) is 1.86. The van der Waals surface area contributed by atoms with Crippen LogP contribution in [0.15, 0.2) is 51.7 Å². The number of carbonyl (C=O) groups is 2. The van der Waals surface area contributed by atoms with Gasteiger partial charge in [-0.05, 0) is 47.5 Å². The quantitative estimate of drug-likeness (QED) is 0.619. The van der Waals surface area contributed by atoms with Gasteiger partial charge in [-0.2, -0.15) is 0 Å². The number of benzene rings is 1. The molecule has 0 bridgehead atoms. The predicted molar refractivity (Wildman–Crippen MR) is 97.5 cm³/mol. The van der Waals surface area contributed by atoms with Crippen LogP contribution in [0.25, 0.3) is 6.08 Å². The Kier molecular flexibility index (Phi) is 4.82. The van der Waals surface area contributed by atoms with Gasteiger partial charge in [0.15, 0.2) is 5.17 Å². The molecule has 1 aliphatic rings. The lowest BCUT2D eigenvalue weighted by Gasteiger charge is -2.07. The highest BCUT2D eigenvalue weighted by molar-refractivity contribution is 8.18. The number of amidine groups is 1. The van der Waals surface area contributed by atoms with Gasteiger partial charge in [-0.1, -0.05) is 12.1 Å². The standard InChI is InChI=1S/C17H14N2O3S2/c1-19-15(20)14(10-13-7-4-8-23-13)24-17(19)18-12-6-3-5-11(9-12)16(21)22-2/h3-10H,1-2H3. The lowest BCUT2D eigenvalue weighted by molar-refractivity contribution is -0.121. The molecule has 1 aromatic carbocycles. The number of nitrogens with zero attached hydrogens (tertiary/aromatic N) is 2. The van der Waals surface area contributed by atoms with Crippen LogP contribution in [0.1, 0.15) is 15.2 Å². The first-order chi connectivity index (χ1) is 11.6. The molecule has 1 aliphatic heterocycles. The van der Waals surface area contributed by atoms with E-state index in [4.69, 9.17) is 4.74 Å². The third-order valence-electron chi connectivity index (χ3n) is 3.31. The fourth-order valence-electron chi connectivity index (χ4n) is 2.08. The van der Waals surface area contributed by atoms with Gasteiger partial charge in [-0.15, -0.1) is 11.3 Å². The SMILES string of the molecule is COC(=O)c1cccc(N=C2SC(=Cc3cccs3)C(=O)N2C)c1. The van der Waals surface area contributed by atoms with Gasteiger partial charge in [0, 0.05) is 11.9 Å². The molecule has 0 N–H and O–H groups in total. The van der Waals surface area contributed by atoms with Gasteiger partial charge >= 0.3 is 5.97 Å². The Hall–Kier alpha value is -2.38. The number of hydrogen-bond donors (Lipinski definition) is 0. The number of esters is 1. The number of ether oxygens (including phenoxy) is 1. The van der Waals surface area contributed by atoms with E-state index in [0.29, 0.717) is 21.3 Å². The fraction of sp³-hybridized carbons (Fsp3) is 0.118. The summed E-state index contributed by atoms with van der Waals surface area (Å²) in [7, 11) is 3.02. The van der Waals surface area contributed by atoms with Crippen LogP contribution >= 0.6 is 23.1 Å². The number of likely N-dealkylation sites (N-methyl/N-ethyl adjacent to an activating group) is 1. The Morgan fingerprint density at radius 2 is 2.12 bits per heavy atom. The number of hydrogen-bond acceptors (Lipinski definition) is 6. The topological polar surface area (TPSA) is 59.0 Å². The zero-order valence-electron chi connectivity index (χ0n) is 13.1. The monoisotopic (exact) mass is 358 g/mol. The molecule has 3 rings (SSSR count). The highest BCUT2D eigenvalue weighted by Gasteiger charge is 2.30. The summed E-state index contributed by atoms with van der Waals surface area (Å²) < 4.78 is 4.71. The van der Waals surface area contributed by atoms with E-state index < -0.39 is 5.97 Å². The van der Waals surface area contributed by atoms with Crippen molar-refractivity contribution in [3.05, 3.63) is 57.1 Å². The first-order valence-corrected chi connectivity index (χ1v) is 8.76. The number of thioether (sulfide) groups is 1. The lowest BCUT2D eigenvalue weighted by atomic mass is 10.2. The van der Waals surface area contributed by atoms with E-state index in [2.05, 4.69) is 4.99 Å². The van der Waals surface area contributed by atoms with Crippen LogP contribution in [-0.2, 0) is 9.53 Å². The molecule has 1 fully saturated rings. The van der Waals surface area contributed by atoms with E-state index in [-0.39, 0.29) is 5.91 Å². The molecule has 0 spiro atoms. The molecule has 7 heteroatoms. The molecular weight excluding hydrogens is 344 g/mol. The predicted octanol–water partition coefficient (Wildman–Crippen LogP) is 3.77. The van der Waals surface area contributed by atoms with Crippen molar-refractivity contribution in [1.82, 2.24) is 4.90 Å². The highest BCUT2D eigenvalue weighted by Crippen LogP contribution is 2.33. The summed E-state index contributed by atoms with van der Waals surface area (Å²) in [5.41, 5.74) is 1.02. The van der Waals surface area contributed by atoms with Gasteiger partial charge in [-0.25, -0.2) is 9.79 Å². The van der Waals surface area contributed by atoms with Crippen molar-refractivity contribution in [2.45, 2.75) is 0 Å². The van der Waals surface area contributed by atoms with Crippen molar-refractivity contribution < 1.29 is 14.3 Å². The van der Waals surface area contributed by atoms with Gasteiger partial charge in [0.1, 0.15) is 0 Å². The smallest absolute Gasteiger partial charge is 0.337 e. The van der Waals surface area contributed by atoms with Gasteiger partial charge in [0.2, 0.25) is 0 Å².